The lowest BCUT2D eigenvalue weighted by Crippen LogP contribution is -2.52. The van der Waals surface area contributed by atoms with Gasteiger partial charge in [-0.25, -0.2) is 0 Å². The highest BCUT2D eigenvalue weighted by molar-refractivity contribution is 5.87. The van der Waals surface area contributed by atoms with Crippen LogP contribution in [0.4, 0.5) is 0 Å². The lowest BCUT2D eigenvalue weighted by atomic mass is 10.0. The van der Waals surface area contributed by atoms with Gasteiger partial charge in [0.05, 0.1) is 12.1 Å². The molecular formula is C31H42N2O4. The summed E-state index contributed by atoms with van der Waals surface area (Å²) in [4.78, 5) is 15.7. The normalized spacial score (nSPS) is 13.5. The fourth-order valence-corrected chi connectivity index (χ4v) is 4.44. The molecule has 0 bridgehead atoms. The molecule has 3 aromatic rings. The van der Waals surface area contributed by atoms with Gasteiger partial charge in [-0.1, -0.05) is 54.6 Å². The molecule has 0 heterocycles. The van der Waals surface area contributed by atoms with Gasteiger partial charge in [-0.2, -0.15) is 0 Å². The third-order valence-corrected chi connectivity index (χ3v) is 6.17. The third-order valence-electron chi connectivity index (χ3n) is 6.17. The van der Waals surface area contributed by atoms with E-state index in [9.17, 15) is 4.79 Å². The topological polar surface area (TPSA) is 74.0 Å². The Morgan fingerprint density at radius 2 is 1.54 bits per heavy atom. The largest absolute Gasteiger partial charge is 0.488 e. The van der Waals surface area contributed by atoms with E-state index >= 15 is 0 Å². The zero-order valence-electron chi connectivity index (χ0n) is 23.1. The average Bonchev–Trinajstić information content (AvgIpc) is 2.86. The van der Waals surface area contributed by atoms with Crippen LogP contribution in [0.15, 0.2) is 66.7 Å². The Kier molecular flexibility index (Phi) is 10.1. The molecule has 1 amide bonds. The standard InChI is InChI=1S/C31H42N2O4/c1-7-35-30(36-8-2)22(3)33(21-25-14-11-13-24-12-9-10-15-27(24)25)29(34)28(32)20-23-16-18-26(19-17-23)37-31(4,5)6/h9-19,22,28,30H,7-8,20-21,32H2,1-6H3/t22-,28+/m1/s1. The Morgan fingerprint density at radius 1 is 0.919 bits per heavy atom. The van der Waals surface area contributed by atoms with E-state index in [1.165, 1.54) is 0 Å². The lowest BCUT2D eigenvalue weighted by molar-refractivity contribution is -0.179. The Labute approximate surface area is 221 Å². The monoisotopic (exact) mass is 506 g/mol. The zero-order valence-corrected chi connectivity index (χ0v) is 23.1. The average molecular weight is 507 g/mol. The van der Waals surface area contributed by atoms with Crippen molar-refractivity contribution in [2.24, 2.45) is 5.73 Å². The number of carbonyl (C=O) groups is 1. The minimum Gasteiger partial charge on any atom is -0.488 e. The van der Waals surface area contributed by atoms with E-state index in [0.29, 0.717) is 26.2 Å². The van der Waals surface area contributed by atoms with Crippen LogP contribution in [0.5, 0.6) is 5.75 Å². The van der Waals surface area contributed by atoms with Crippen molar-refractivity contribution in [2.75, 3.05) is 13.2 Å². The predicted octanol–water partition coefficient (Wildman–Crippen LogP) is 5.70. The second-order valence-corrected chi connectivity index (χ2v) is 10.3. The molecule has 0 aliphatic heterocycles. The van der Waals surface area contributed by atoms with Gasteiger partial charge in [-0.15, -0.1) is 0 Å². The molecule has 0 radical (unpaired) electrons. The molecule has 37 heavy (non-hydrogen) atoms. The lowest BCUT2D eigenvalue weighted by Gasteiger charge is -2.36. The van der Waals surface area contributed by atoms with Crippen LogP contribution in [0.3, 0.4) is 0 Å². The molecule has 6 heteroatoms. The first kappa shape index (κ1) is 28.6. The molecule has 2 atom stereocenters. The summed E-state index contributed by atoms with van der Waals surface area (Å²) in [6.07, 6.45) is -0.128. The van der Waals surface area contributed by atoms with Crippen LogP contribution in [0.2, 0.25) is 0 Å². The van der Waals surface area contributed by atoms with Gasteiger partial charge in [0, 0.05) is 19.8 Å². The number of rotatable bonds is 12. The highest BCUT2D eigenvalue weighted by Gasteiger charge is 2.32. The molecule has 200 valence electrons. The molecular weight excluding hydrogens is 464 g/mol. The fraction of sp³-hybridized carbons (Fsp3) is 0.452. The van der Waals surface area contributed by atoms with Crippen molar-refractivity contribution in [1.82, 2.24) is 4.90 Å². The summed E-state index contributed by atoms with van der Waals surface area (Å²) in [6, 6.07) is 21.1. The van der Waals surface area contributed by atoms with E-state index in [4.69, 9.17) is 19.9 Å². The van der Waals surface area contributed by atoms with Gasteiger partial charge in [0.2, 0.25) is 5.91 Å². The van der Waals surface area contributed by atoms with Gasteiger partial charge < -0.3 is 24.8 Å². The van der Waals surface area contributed by atoms with Gasteiger partial charge in [0.15, 0.2) is 6.29 Å². The quantitative estimate of drug-likeness (QED) is 0.319. The van der Waals surface area contributed by atoms with Gasteiger partial charge in [0.1, 0.15) is 11.4 Å². The molecule has 0 aliphatic rings. The van der Waals surface area contributed by atoms with Gasteiger partial charge in [-0.3, -0.25) is 4.79 Å². The van der Waals surface area contributed by atoms with Crippen molar-refractivity contribution >= 4 is 16.7 Å². The minimum absolute atomic E-state index is 0.139. The molecule has 3 aromatic carbocycles. The molecule has 6 nitrogen and oxygen atoms in total. The Balaban J connectivity index is 1.85. The minimum atomic E-state index is -0.712. The van der Waals surface area contributed by atoms with Crippen molar-refractivity contribution in [1.29, 1.82) is 0 Å². The molecule has 0 aliphatic carbocycles. The van der Waals surface area contributed by atoms with Crippen molar-refractivity contribution in [3.63, 3.8) is 0 Å². The van der Waals surface area contributed by atoms with Crippen LogP contribution in [-0.2, 0) is 27.2 Å². The summed E-state index contributed by atoms with van der Waals surface area (Å²) >= 11 is 0. The number of amides is 1. The summed E-state index contributed by atoms with van der Waals surface area (Å²) in [5, 5.41) is 2.25. The molecule has 0 spiro atoms. The number of nitrogens with two attached hydrogens (primary N) is 1. The third kappa shape index (κ3) is 8.03. The van der Waals surface area contributed by atoms with Crippen LogP contribution < -0.4 is 10.5 Å². The van der Waals surface area contributed by atoms with Crippen molar-refractivity contribution in [3.05, 3.63) is 77.9 Å². The van der Waals surface area contributed by atoms with Crippen molar-refractivity contribution in [3.8, 4) is 5.75 Å². The Bertz CT molecular complexity index is 1130. The van der Waals surface area contributed by atoms with Gasteiger partial charge in [-0.05, 0) is 82.0 Å². The second kappa shape index (κ2) is 13.0. The molecule has 0 saturated heterocycles. The number of hydrogen-bond acceptors (Lipinski definition) is 5. The number of carbonyl (C=O) groups excluding carboxylic acids is 1. The maximum absolute atomic E-state index is 13.9. The predicted molar refractivity (Wildman–Crippen MR) is 150 cm³/mol. The maximum atomic E-state index is 13.9. The molecule has 2 N–H and O–H groups in total. The SMILES string of the molecule is CCOC(OCC)[C@@H](C)N(Cc1cccc2ccccc12)C(=O)[C@@H](N)Cc1ccc(OC(C)(C)C)cc1. The summed E-state index contributed by atoms with van der Waals surface area (Å²) < 4.78 is 17.7. The molecule has 0 saturated carbocycles. The maximum Gasteiger partial charge on any atom is 0.240 e. The second-order valence-electron chi connectivity index (χ2n) is 10.3. The number of hydrogen-bond donors (Lipinski definition) is 1. The van der Waals surface area contributed by atoms with E-state index in [-0.39, 0.29) is 17.6 Å². The van der Waals surface area contributed by atoms with E-state index in [1.807, 2.05) is 84.0 Å². The van der Waals surface area contributed by atoms with E-state index < -0.39 is 12.3 Å². The summed E-state index contributed by atoms with van der Waals surface area (Å²) in [5.41, 5.74) is 8.30. The summed E-state index contributed by atoms with van der Waals surface area (Å²) in [6.45, 7) is 13.2. The first-order valence-corrected chi connectivity index (χ1v) is 13.2. The van der Waals surface area contributed by atoms with Crippen molar-refractivity contribution in [2.45, 2.75) is 78.5 Å². The summed E-state index contributed by atoms with van der Waals surface area (Å²) in [7, 11) is 0. The zero-order chi connectivity index (χ0) is 27.0. The number of fused-ring (bicyclic) bond motifs is 1. The molecule has 0 unspecified atom stereocenters. The Hall–Kier alpha value is -2.93. The highest BCUT2D eigenvalue weighted by atomic mass is 16.7. The smallest absolute Gasteiger partial charge is 0.240 e. The van der Waals surface area contributed by atoms with E-state index in [2.05, 4.69) is 24.3 Å². The number of benzene rings is 3. The molecule has 3 rings (SSSR count). The van der Waals surface area contributed by atoms with Gasteiger partial charge >= 0.3 is 0 Å². The first-order chi connectivity index (χ1) is 17.6. The Morgan fingerprint density at radius 3 is 2.16 bits per heavy atom. The summed E-state index contributed by atoms with van der Waals surface area (Å²) in [5.74, 6) is 0.651. The van der Waals surface area contributed by atoms with Crippen LogP contribution in [-0.4, -0.2) is 48.0 Å². The van der Waals surface area contributed by atoms with Crippen LogP contribution in [0.25, 0.3) is 10.8 Å². The van der Waals surface area contributed by atoms with Crippen LogP contribution in [0, 0.1) is 0 Å². The van der Waals surface area contributed by atoms with Gasteiger partial charge in [0.25, 0.3) is 0 Å². The van der Waals surface area contributed by atoms with Crippen LogP contribution in [0.1, 0.15) is 52.7 Å². The first-order valence-electron chi connectivity index (χ1n) is 13.2. The number of nitrogens with zero attached hydrogens (tertiary/aromatic N) is 1. The fourth-order valence-electron chi connectivity index (χ4n) is 4.44. The highest BCUT2D eigenvalue weighted by Crippen LogP contribution is 2.24. The van der Waals surface area contributed by atoms with E-state index in [1.54, 1.807) is 4.90 Å². The van der Waals surface area contributed by atoms with Crippen molar-refractivity contribution < 1.29 is 19.0 Å². The van der Waals surface area contributed by atoms with E-state index in [0.717, 1.165) is 27.6 Å². The molecule has 0 aromatic heterocycles. The number of ether oxygens (including phenoxy) is 3. The van der Waals surface area contributed by atoms with Crippen LogP contribution >= 0.6 is 0 Å². The molecule has 0 fully saturated rings.